The highest BCUT2D eigenvalue weighted by atomic mass is 79.9. The van der Waals surface area contributed by atoms with E-state index in [1.54, 1.807) is 24.3 Å². The molecule has 0 spiro atoms. The van der Waals surface area contributed by atoms with Crippen LogP contribution in [0, 0.1) is 0 Å². The fourth-order valence-corrected chi connectivity index (χ4v) is 3.14. The lowest BCUT2D eigenvalue weighted by molar-refractivity contribution is 0.483. The molecule has 3 nitrogen and oxygen atoms in total. The minimum absolute atomic E-state index is 0.0586. The van der Waals surface area contributed by atoms with Gasteiger partial charge in [0.15, 0.2) is 0 Å². The van der Waals surface area contributed by atoms with Crippen LogP contribution in [-0.2, 0) is 15.5 Å². The Labute approximate surface area is 140 Å². The van der Waals surface area contributed by atoms with Crippen LogP contribution in [0.25, 0.3) is 0 Å². The first-order chi connectivity index (χ1) is 10.2. The third kappa shape index (κ3) is 3.90. The van der Waals surface area contributed by atoms with E-state index >= 15 is 0 Å². The van der Waals surface area contributed by atoms with Gasteiger partial charge in [0.05, 0.1) is 0 Å². The first kappa shape index (κ1) is 17.0. The predicted molar refractivity (Wildman–Crippen MR) is 91.7 cm³/mol. The maximum absolute atomic E-state index is 12.2. The summed E-state index contributed by atoms with van der Waals surface area (Å²) in [6.45, 7) is 6.44. The van der Waals surface area contributed by atoms with Crippen LogP contribution in [-0.4, -0.2) is 8.42 Å². The van der Waals surface area contributed by atoms with Gasteiger partial charge in [0.1, 0.15) is 10.6 Å². The summed E-state index contributed by atoms with van der Waals surface area (Å²) < 4.78 is 30.4. The molecule has 0 saturated heterocycles. The fraction of sp³-hybridized carbons (Fsp3) is 0.294. The van der Waals surface area contributed by atoms with Gasteiger partial charge in [-0.2, -0.15) is 8.42 Å². The molecule has 2 aromatic rings. The van der Waals surface area contributed by atoms with Crippen molar-refractivity contribution in [2.24, 2.45) is 0 Å². The van der Waals surface area contributed by atoms with Crippen molar-refractivity contribution in [2.75, 3.05) is 0 Å². The van der Waals surface area contributed by atoms with E-state index in [0.29, 0.717) is 5.75 Å². The zero-order valence-electron chi connectivity index (χ0n) is 12.8. The van der Waals surface area contributed by atoms with Crippen LogP contribution < -0.4 is 4.18 Å². The molecule has 0 bridgehead atoms. The van der Waals surface area contributed by atoms with Crippen molar-refractivity contribution in [2.45, 2.75) is 37.5 Å². The van der Waals surface area contributed by atoms with Crippen molar-refractivity contribution < 1.29 is 12.6 Å². The number of hydrogen-bond donors (Lipinski definition) is 0. The Balaban J connectivity index is 2.22. The quantitative estimate of drug-likeness (QED) is 0.690. The Hall–Kier alpha value is -1.33. The topological polar surface area (TPSA) is 43.4 Å². The van der Waals surface area contributed by atoms with Crippen molar-refractivity contribution >= 4 is 26.0 Å². The van der Waals surface area contributed by atoms with Crippen molar-refractivity contribution in [1.29, 1.82) is 0 Å². The average Bonchev–Trinajstić information content (AvgIpc) is 2.48. The molecule has 0 heterocycles. The van der Waals surface area contributed by atoms with E-state index in [4.69, 9.17) is 4.18 Å². The lowest BCUT2D eigenvalue weighted by Gasteiger charge is -2.23. The third-order valence-corrected chi connectivity index (χ3v) is 5.62. The van der Waals surface area contributed by atoms with E-state index in [1.165, 1.54) is 12.1 Å². The molecule has 2 rings (SSSR count). The van der Waals surface area contributed by atoms with Crippen LogP contribution in [0.2, 0.25) is 0 Å². The Morgan fingerprint density at radius 3 is 2.05 bits per heavy atom. The number of halogens is 1. The summed E-state index contributed by atoms with van der Waals surface area (Å²) in [7, 11) is -3.80. The van der Waals surface area contributed by atoms with Gasteiger partial charge in [-0.1, -0.05) is 48.8 Å². The highest BCUT2D eigenvalue weighted by Gasteiger charge is 2.19. The summed E-state index contributed by atoms with van der Waals surface area (Å²) >= 11 is 3.28. The van der Waals surface area contributed by atoms with Gasteiger partial charge in [-0.15, -0.1) is 0 Å². The van der Waals surface area contributed by atoms with Crippen molar-refractivity contribution in [3.05, 3.63) is 58.6 Å². The van der Waals surface area contributed by atoms with Gasteiger partial charge >= 0.3 is 10.1 Å². The molecule has 0 N–H and O–H groups in total. The summed E-state index contributed by atoms with van der Waals surface area (Å²) in [5.74, 6) is 0.318. The monoisotopic (exact) mass is 382 g/mol. The molecule has 0 amide bonds. The van der Waals surface area contributed by atoms with Gasteiger partial charge in [0, 0.05) is 4.47 Å². The Bertz CT molecular complexity index is 732. The molecule has 0 saturated carbocycles. The molecular formula is C17H19BrO3S. The molecule has 5 heteroatoms. The first-order valence-corrected chi connectivity index (χ1v) is 9.25. The second-order valence-electron chi connectivity index (χ2n) is 5.75. The Morgan fingerprint density at radius 2 is 1.55 bits per heavy atom. The maximum Gasteiger partial charge on any atom is 0.339 e. The maximum atomic E-state index is 12.2. The minimum atomic E-state index is -3.80. The number of rotatable bonds is 5. The number of hydrogen-bond acceptors (Lipinski definition) is 3. The minimum Gasteiger partial charge on any atom is -0.379 e. The third-order valence-electron chi connectivity index (χ3n) is 3.83. The normalized spacial score (nSPS) is 12.2. The zero-order chi connectivity index (χ0) is 16.4. The second kappa shape index (κ2) is 6.42. The fourth-order valence-electron chi connectivity index (χ4n) is 1.94. The van der Waals surface area contributed by atoms with E-state index < -0.39 is 10.1 Å². The van der Waals surface area contributed by atoms with E-state index in [1.807, 2.05) is 12.1 Å². The van der Waals surface area contributed by atoms with Crippen LogP contribution in [0.1, 0.15) is 32.8 Å². The van der Waals surface area contributed by atoms with E-state index in [2.05, 4.69) is 36.7 Å². The molecule has 0 atom stereocenters. The molecule has 0 fully saturated rings. The van der Waals surface area contributed by atoms with Gasteiger partial charge in [0.25, 0.3) is 0 Å². The van der Waals surface area contributed by atoms with Gasteiger partial charge in [-0.3, -0.25) is 0 Å². The van der Waals surface area contributed by atoms with Gasteiger partial charge in [-0.25, -0.2) is 0 Å². The van der Waals surface area contributed by atoms with Crippen LogP contribution in [0.15, 0.2) is 57.9 Å². The Kier molecular flexibility index (Phi) is 4.97. The SMILES string of the molecule is CCC(C)(C)c1ccc(OS(=O)(=O)c2ccc(Br)cc2)cc1. The van der Waals surface area contributed by atoms with Crippen LogP contribution >= 0.6 is 15.9 Å². The summed E-state index contributed by atoms with van der Waals surface area (Å²) in [4.78, 5) is 0.133. The van der Waals surface area contributed by atoms with E-state index in [-0.39, 0.29) is 10.3 Å². The molecule has 118 valence electrons. The zero-order valence-corrected chi connectivity index (χ0v) is 15.2. The van der Waals surface area contributed by atoms with Gasteiger partial charge in [-0.05, 0) is 53.8 Å². The summed E-state index contributed by atoms with van der Waals surface area (Å²) in [6, 6.07) is 13.6. The van der Waals surface area contributed by atoms with Crippen molar-refractivity contribution in [3.63, 3.8) is 0 Å². The summed E-state index contributed by atoms with van der Waals surface area (Å²) in [5, 5.41) is 0. The molecule has 0 aliphatic carbocycles. The lowest BCUT2D eigenvalue weighted by atomic mass is 9.82. The molecular weight excluding hydrogens is 364 g/mol. The van der Waals surface area contributed by atoms with Crippen molar-refractivity contribution in [1.82, 2.24) is 0 Å². The molecule has 0 unspecified atom stereocenters. The van der Waals surface area contributed by atoms with Gasteiger partial charge in [0.2, 0.25) is 0 Å². The molecule has 2 aromatic carbocycles. The first-order valence-electron chi connectivity index (χ1n) is 7.05. The lowest BCUT2D eigenvalue weighted by Crippen LogP contribution is -2.15. The van der Waals surface area contributed by atoms with E-state index in [0.717, 1.165) is 16.5 Å². The summed E-state index contributed by atoms with van der Waals surface area (Å²) in [6.07, 6.45) is 1.00. The van der Waals surface area contributed by atoms with E-state index in [9.17, 15) is 8.42 Å². The van der Waals surface area contributed by atoms with Crippen LogP contribution in [0.5, 0.6) is 5.75 Å². The largest absolute Gasteiger partial charge is 0.379 e. The highest BCUT2D eigenvalue weighted by Crippen LogP contribution is 2.29. The second-order valence-corrected chi connectivity index (χ2v) is 8.22. The van der Waals surface area contributed by atoms with Crippen LogP contribution in [0.3, 0.4) is 0 Å². The average molecular weight is 383 g/mol. The molecule has 22 heavy (non-hydrogen) atoms. The molecule has 0 radical (unpaired) electrons. The smallest absolute Gasteiger partial charge is 0.339 e. The van der Waals surface area contributed by atoms with Crippen LogP contribution in [0.4, 0.5) is 0 Å². The number of benzene rings is 2. The highest BCUT2D eigenvalue weighted by molar-refractivity contribution is 9.10. The van der Waals surface area contributed by atoms with Gasteiger partial charge < -0.3 is 4.18 Å². The molecule has 0 aliphatic rings. The van der Waals surface area contributed by atoms with Crippen molar-refractivity contribution in [3.8, 4) is 5.75 Å². The Morgan fingerprint density at radius 1 is 1.00 bits per heavy atom. The molecule has 0 aliphatic heterocycles. The predicted octanol–water partition coefficient (Wildman–Crippen LogP) is 4.90. The summed E-state index contributed by atoms with van der Waals surface area (Å²) in [5.41, 5.74) is 1.21. The standard InChI is InChI=1S/C17H19BrO3S/c1-4-17(2,3)13-5-9-15(10-6-13)21-22(19,20)16-11-7-14(18)8-12-16/h5-12H,4H2,1-3H3. The molecule has 0 aromatic heterocycles.